The number of pyridine rings is 1. The van der Waals surface area contributed by atoms with Crippen LogP contribution in [-0.2, 0) is 6.18 Å². The van der Waals surface area contributed by atoms with Gasteiger partial charge in [0.15, 0.2) is 0 Å². The van der Waals surface area contributed by atoms with Crippen molar-refractivity contribution < 1.29 is 18.3 Å². The summed E-state index contributed by atoms with van der Waals surface area (Å²) in [5, 5.41) is 10.2. The Bertz CT molecular complexity index is 628. The minimum Gasteiger partial charge on any atom is -0.384 e. The third-order valence-electron chi connectivity index (χ3n) is 2.95. The number of aryl methyl sites for hydroxylation is 1. The molecule has 0 radical (unpaired) electrons. The zero-order valence-electron chi connectivity index (χ0n) is 10.4. The summed E-state index contributed by atoms with van der Waals surface area (Å²) >= 11 is 3.31. The molecule has 1 unspecified atom stereocenters. The van der Waals surface area contributed by atoms with Gasteiger partial charge in [0.25, 0.3) is 0 Å². The third-order valence-corrected chi connectivity index (χ3v) is 3.84. The SMILES string of the molecule is Cc1cc(C(O)c2cnccc2C(F)(F)F)ccc1Br. The minimum absolute atomic E-state index is 0.248. The Morgan fingerprint density at radius 2 is 1.95 bits per heavy atom. The van der Waals surface area contributed by atoms with Crippen molar-refractivity contribution in [3.63, 3.8) is 0 Å². The highest BCUT2D eigenvalue weighted by Gasteiger charge is 2.35. The number of aliphatic hydroxyl groups excluding tert-OH is 1. The number of alkyl halides is 3. The van der Waals surface area contributed by atoms with Crippen LogP contribution in [-0.4, -0.2) is 10.1 Å². The number of hydrogen-bond donors (Lipinski definition) is 1. The standard InChI is InChI=1S/C14H11BrF3NO/c1-8-6-9(2-3-12(8)15)13(20)10-7-19-5-4-11(10)14(16,17)18/h2-7,13,20H,1H3. The number of benzene rings is 1. The molecule has 106 valence electrons. The molecule has 6 heteroatoms. The molecule has 20 heavy (non-hydrogen) atoms. The van der Waals surface area contributed by atoms with Crippen LogP contribution < -0.4 is 0 Å². The third kappa shape index (κ3) is 3.02. The molecular weight excluding hydrogens is 335 g/mol. The van der Waals surface area contributed by atoms with Crippen molar-refractivity contribution in [3.8, 4) is 0 Å². The van der Waals surface area contributed by atoms with Crippen molar-refractivity contribution >= 4 is 15.9 Å². The van der Waals surface area contributed by atoms with Gasteiger partial charge in [0.05, 0.1) is 5.56 Å². The van der Waals surface area contributed by atoms with Crippen LogP contribution in [0.2, 0.25) is 0 Å². The minimum atomic E-state index is -4.52. The van der Waals surface area contributed by atoms with Gasteiger partial charge in [0.2, 0.25) is 0 Å². The molecule has 1 heterocycles. The first-order chi connectivity index (χ1) is 9.30. The predicted molar refractivity (Wildman–Crippen MR) is 72.2 cm³/mol. The summed E-state index contributed by atoms with van der Waals surface area (Å²) in [6, 6.07) is 5.78. The van der Waals surface area contributed by atoms with Gasteiger partial charge in [-0.15, -0.1) is 0 Å². The number of aliphatic hydroxyl groups is 1. The lowest BCUT2D eigenvalue weighted by molar-refractivity contribution is -0.139. The molecule has 0 saturated heterocycles. The van der Waals surface area contributed by atoms with E-state index in [9.17, 15) is 18.3 Å². The fraction of sp³-hybridized carbons (Fsp3) is 0.214. The van der Waals surface area contributed by atoms with Crippen LogP contribution in [0.1, 0.15) is 28.4 Å². The van der Waals surface area contributed by atoms with Gasteiger partial charge in [-0.2, -0.15) is 13.2 Å². The maximum Gasteiger partial charge on any atom is 0.416 e. The van der Waals surface area contributed by atoms with Crippen molar-refractivity contribution in [2.75, 3.05) is 0 Å². The monoisotopic (exact) mass is 345 g/mol. The summed E-state index contributed by atoms with van der Waals surface area (Å²) < 4.78 is 39.6. The van der Waals surface area contributed by atoms with Crippen LogP contribution >= 0.6 is 15.9 Å². The Balaban J connectivity index is 2.48. The maximum atomic E-state index is 12.9. The summed E-state index contributed by atoms with van der Waals surface area (Å²) in [5.41, 5.74) is 0.102. The van der Waals surface area contributed by atoms with E-state index in [1.54, 1.807) is 25.1 Å². The van der Waals surface area contributed by atoms with Crippen LogP contribution in [0.3, 0.4) is 0 Å². The second-order valence-electron chi connectivity index (χ2n) is 4.37. The van der Waals surface area contributed by atoms with E-state index in [2.05, 4.69) is 20.9 Å². The Hall–Kier alpha value is -1.40. The summed E-state index contributed by atoms with van der Waals surface area (Å²) in [6.07, 6.45) is -3.78. The average molecular weight is 346 g/mol. The molecule has 0 aliphatic carbocycles. The highest BCUT2D eigenvalue weighted by molar-refractivity contribution is 9.10. The Labute approximate surface area is 122 Å². The van der Waals surface area contributed by atoms with Crippen molar-refractivity contribution in [3.05, 3.63) is 63.4 Å². The largest absolute Gasteiger partial charge is 0.416 e. The molecule has 0 saturated carbocycles. The molecule has 1 aromatic heterocycles. The Morgan fingerprint density at radius 1 is 1.25 bits per heavy atom. The van der Waals surface area contributed by atoms with Gasteiger partial charge in [0.1, 0.15) is 6.10 Å². The van der Waals surface area contributed by atoms with Crippen LogP contribution in [0.25, 0.3) is 0 Å². The van der Waals surface area contributed by atoms with E-state index >= 15 is 0 Å². The molecule has 2 rings (SSSR count). The normalized spacial score (nSPS) is 13.3. The molecule has 1 atom stereocenters. The molecule has 2 nitrogen and oxygen atoms in total. The first kappa shape index (κ1) is 15.0. The second kappa shape index (κ2) is 5.54. The molecule has 0 spiro atoms. The lowest BCUT2D eigenvalue weighted by Gasteiger charge is -2.17. The first-order valence-electron chi connectivity index (χ1n) is 5.76. The predicted octanol–water partition coefficient (Wildman–Crippen LogP) is 4.25. The van der Waals surface area contributed by atoms with E-state index in [0.717, 1.165) is 28.5 Å². The van der Waals surface area contributed by atoms with Crippen molar-refractivity contribution in [2.24, 2.45) is 0 Å². The van der Waals surface area contributed by atoms with Gasteiger partial charge in [-0.05, 0) is 30.2 Å². The number of hydrogen-bond acceptors (Lipinski definition) is 2. The van der Waals surface area contributed by atoms with Gasteiger partial charge < -0.3 is 5.11 Å². The van der Waals surface area contributed by atoms with Gasteiger partial charge in [-0.3, -0.25) is 4.98 Å². The fourth-order valence-corrected chi connectivity index (χ4v) is 2.15. The van der Waals surface area contributed by atoms with E-state index in [4.69, 9.17) is 0 Å². The van der Waals surface area contributed by atoms with Crippen LogP contribution in [0.5, 0.6) is 0 Å². The van der Waals surface area contributed by atoms with Crippen molar-refractivity contribution in [2.45, 2.75) is 19.2 Å². The van der Waals surface area contributed by atoms with Gasteiger partial charge in [-0.25, -0.2) is 0 Å². The lowest BCUT2D eigenvalue weighted by Crippen LogP contribution is -2.13. The summed E-state index contributed by atoms with van der Waals surface area (Å²) in [6.45, 7) is 1.80. The highest BCUT2D eigenvalue weighted by atomic mass is 79.9. The van der Waals surface area contributed by atoms with Crippen LogP contribution in [0.4, 0.5) is 13.2 Å². The zero-order chi connectivity index (χ0) is 14.9. The molecule has 0 aliphatic rings. The van der Waals surface area contributed by atoms with E-state index in [1.807, 2.05) is 0 Å². The van der Waals surface area contributed by atoms with E-state index in [-0.39, 0.29) is 5.56 Å². The highest BCUT2D eigenvalue weighted by Crippen LogP contribution is 2.36. The number of rotatable bonds is 2. The molecular formula is C14H11BrF3NO. The van der Waals surface area contributed by atoms with E-state index in [1.165, 1.54) is 0 Å². The van der Waals surface area contributed by atoms with E-state index in [0.29, 0.717) is 5.56 Å². The second-order valence-corrected chi connectivity index (χ2v) is 5.23. The average Bonchev–Trinajstić information content (AvgIpc) is 2.40. The van der Waals surface area contributed by atoms with Gasteiger partial charge >= 0.3 is 6.18 Å². The Morgan fingerprint density at radius 3 is 2.55 bits per heavy atom. The Kier molecular flexibility index (Phi) is 4.15. The molecule has 0 aliphatic heterocycles. The smallest absolute Gasteiger partial charge is 0.384 e. The molecule has 0 fully saturated rings. The molecule has 0 amide bonds. The van der Waals surface area contributed by atoms with Crippen molar-refractivity contribution in [1.82, 2.24) is 4.98 Å². The van der Waals surface area contributed by atoms with Crippen LogP contribution in [0.15, 0.2) is 41.1 Å². The maximum absolute atomic E-state index is 12.9. The fourth-order valence-electron chi connectivity index (χ4n) is 1.90. The summed E-state index contributed by atoms with van der Waals surface area (Å²) in [4.78, 5) is 3.68. The van der Waals surface area contributed by atoms with Gasteiger partial charge in [-0.1, -0.05) is 28.1 Å². The summed E-state index contributed by atoms with van der Waals surface area (Å²) in [7, 11) is 0. The number of aromatic nitrogens is 1. The van der Waals surface area contributed by atoms with E-state index < -0.39 is 17.8 Å². The zero-order valence-corrected chi connectivity index (χ0v) is 12.0. The number of halogens is 4. The van der Waals surface area contributed by atoms with Gasteiger partial charge in [0, 0.05) is 22.4 Å². The number of nitrogens with zero attached hydrogens (tertiary/aromatic N) is 1. The first-order valence-corrected chi connectivity index (χ1v) is 6.55. The molecule has 2 aromatic rings. The topological polar surface area (TPSA) is 33.1 Å². The quantitative estimate of drug-likeness (QED) is 0.882. The molecule has 1 aromatic carbocycles. The summed E-state index contributed by atoms with van der Waals surface area (Å²) in [5.74, 6) is 0. The van der Waals surface area contributed by atoms with Crippen LogP contribution in [0, 0.1) is 6.92 Å². The lowest BCUT2D eigenvalue weighted by atomic mass is 9.97. The molecule has 1 N–H and O–H groups in total. The van der Waals surface area contributed by atoms with Crippen molar-refractivity contribution in [1.29, 1.82) is 0 Å². The molecule has 0 bridgehead atoms.